The fourth-order valence-corrected chi connectivity index (χ4v) is 3.38. The number of nitrogens with zero attached hydrogens (tertiary/aromatic N) is 4. The Bertz CT molecular complexity index is 915. The number of nitrogens with two attached hydrogens (primary N) is 2. The minimum atomic E-state index is -0.381. The number of piperidine rings is 1. The standard InChI is InChI=1S/C17H20FN7/c18-12-4-2-1-3-11(12)13-14-15(24-16(19)22-13)25(17(20)23-14)9-10-5-7-21-8-6-10/h1-4,10,21H,5-9H2,(H2,20,23)(H2,19,22,24). The zero-order valence-electron chi connectivity index (χ0n) is 13.7. The van der Waals surface area contributed by atoms with Gasteiger partial charge in [-0.15, -0.1) is 0 Å². The maximum atomic E-state index is 14.2. The summed E-state index contributed by atoms with van der Waals surface area (Å²) in [5, 5.41) is 3.35. The third-order valence-electron chi connectivity index (χ3n) is 4.67. The Morgan fingerprint density at radius 3 is 2.64 bits per heavy atom. The number of benzene rings is 1. The molecule has 5 N–H and O–H groups in total. The summed E-state index contributed by atoms with van der Waals surface area (Å²) in [6.07, 6.45) is 2.14. The highest BCUT2D eigenvalue weighted by atomic mass is 19.1. The average molecular weight is 341 g/mol. The van der Waals surface area contributed by atoms with Crippen LogP contribution in [0.3, 0.4) is 0 Å². The first-order valence-electron chi connectivity index (χ1n) is 8.38. The monoisotopic (exact) mass is 341 g/mol. The number of halogens is 1. The normalized spacial score (nSPS) is 15.7. The third kappa shape index (κ3) is 2.89. The number of imidazole rings is 1. The Labute approximate surface area is 144 Å². The lowest BCUT2D eigenvalue weighted by molar-refractivity contribution is 0.337. The zero-order chi connectivity index (χ0) is 17.4. The molecule has 0 radical (unpaired) electrons. The predicted octanol–water partition coefficient (Wildman–Crippen LogP) is 1.80. The van der Waals surface area contributed by atoms with Gasteiger partial charge in [0, 0.05) is 12.1 Å². The molecule has 0 aliphatic carbocycles. The topological polar surface area (TPSA) is 108 Å². The van der Waals surface area contributed by atoms with Crippen molar-refractivity contribution in [3.05, 3.63) is 30.1 Å². The molecule has 0 atom stereocenters. The van der Waals surface area contributed by atoms with Crippen LogP contribution in [0.15, 0.2) is 24.3 Å². The van der Waals surface area contributed by atoms with Crippen molar-refractivity contribution in [2.45, 2.75) is 19.4 Å². The number of hydrogen-bond acceptors (Lipinski definition) is 6. The Hall–Kier alpha value is -2.74. The molecular weight excluding hydrogens is 321 g/mol. The second-order valence-corrected chi connectivity index (χ2v) is 6.36. The maximum Gasteiger partial charge on any atom is 0.222 e. The van der Waals surface area contributed by atoms with Crippen LogP contribution in [0.5, 0.6) is 0 Å². The molecule has 0 saturated carbocycles. The summed E-state index contributed by atoms with van der Waals surface area (Å²) in [6.45, 7) is 2.71. The van der Waals surface area contributed by atoms with Gasteiger partial charge in [0.15, 0.2) is 5.65 Å². The molecule has 1 aliphatic rings. The van der Waals surface area contributed by atoms with Crippen LogP contribution in [0.1, 0.15) is 12.8 Å². The molecule has 0 unspecified atom stereocenters. The molecule has 8 heteroatoms. The van der Waals surface area contributed by atoms with E-state index < -0.39 is 0 Å². The van der Waals surface area contributed by atoms with E-state index in [2.05, 4.69) is 20.3 Å². The van der Waals surface area contributed by atoms with Gasteiger partial charge in [-0.2, -0.15) is 4.98 Å². The average Bonchev–Trinajstić information content (AvgIpc) is 2.92. The van der Waals surface area contributed by atoms with Gasteiger partial charge in [-0.25, -0.2) is 14.4 Å². The van der Waals surface area contributed by atoms with Crippen LogP contribution in [0.4, 0.5) is 16.3 Å². The fraction of sp³-hybridized carbons (Fsp3) is 0.353. The van der Waals surface area contributed by atoms with Crippen molar-refractivity contribution in [2.75, 3.05) is 24.6 Å². The molecule has 7 nitrogen and oxygen atoms in total. The van der Waals surface area contributed by atoms with Gasteiger partial charge >= 0.3 is 0 Å². The molecule has 0 amide bonds. The van der Waals surface area contributed by atoms with E-state index in [9.17, 15) is 4.39 Å². The summed E-state index contributed by atoms with van der Waals surface area (Å²) in [6, 6.07) is 6.41. The molecule has 0 bridgehead atoms. The highest BCUT2D eigenvalue weighted by molar-refractivity contribution is 5.90. The number of rotatable bonds is 3. The highest BCUT2D eigenvalue weighted by Crippen LogP contribution is 2.30. The van der Waals surface area contributed by atoms with E-state index in [1.54, 1.807) is 18.2 Å². The summed E-state index contributed by atoms with van der Waals surface area (Å²) < 4.78 is 16.1. The fourth-order valence-electron chi connectivity index (χ4n) is 3.38. The van der Waals surface area contributed by atoms with Crippen LogP contribution in [0.2, 0.25) is 0 Å². The maximum absolute atomic E-state index is 14.2. The number of hydrogen-bond donors (Lipinski definition) is 3. The molecule has 1 fully saturated rings. The van der Waals surface area contributed by atoms with Gasteiger partial charge < -0.3 is 16.8 Å². The second-order valence-electron chi connectivity index (χ2n) is 6.36. The Balaban J connectivity index is 1.84. The summed E-state index contributed by atoms with van der Waals surface area (Å²) in [5.41, 5.74) is 13.8. The van der Waals surface area contributed by atoms with E-state index in [1.165, 1.54) is 6.07 Å². The Morgan fingerprint density at radius 1 is 1.12 bits per heavy atom. The van der Waals surface area contributed by atoms with Crippen LogP contribution in [-0.4, -0.2) is 32.6 Å². The van der Waals surface area contributed by atoms with Crippen molar-refractivity contribution in [3.8, 4) is 11.3 Å². The van der Waals surface area contributed by atoms with Crippen molar-refractivity contribution in [1.82, 2.24) is 24.8 Å². The summed E-state index contributed by atoms with van der Waals surface area (Å²) in [7, 11) is 0. The van der Waals surface area contributed by atoms with Crippen molar-refractivity contribution in [1.29, 1.82) is 0 Å². The predicted molar refractivity (Wildman–Crippen MR) is 95.1 cm³/mol. The first kappa shape index (κ1) is 15.8. The second kappa shape index (κ2) is 6.29. The zero-order valence-corrected chi connectivity index (χ0v) is 13.7. The molecular formula is C17H20FN7. The number of aromatic nitrogens is 4. The molecule has 2 aromatic heterocycles. The molecule has 3 aromatic rings. The number of nitrogens with one attached hydrogen (secondary N) is 1. The smallest absolute Gasteiger partial charge is 0.222 e. The minimum absolute atomic E-state index is 0.0808. The van der Waals surface area contributed by atoms with Gasteiger partial charge in [0.25, 0.3) is 0 Å². The van der Waals surface area contributed by atoms with Crippen LogP contribution >= 0.6 is 0 Å². The summed E-state index contributed by atoms with van der Waals surface area (Å²) in [4.78, 5) is 13.0. The van der Waals surface area contributed by atoms with Gasteiger partial charge in [0.05, 0.1) is 0 Å². The van der Waals surface area contributed by atoms with Crippen molar-refractivity contribution in [2.24, 2.45) is 5.92 Å². The molecule has 4 rings (SSSR count). The lowest BCUT2D eigenvalue weighted by Crippen LogP contribution is -2.30. The van der Waals surface area contributed by atoms with E-state index in [0.717, 1.165) is 32.5 Å². The molecule has 130 valence electrons. The molecule has 0 spiro atoms. The molecule has 25 heavy (non-hydrogen) atoms. The summed E-state index contributed by atoms with van der Waals surface area (Å²) in [5.74, 6) is 0.547. The molecule has 1 saturated heterocycles. The van der Waals surface area contributed by atoms with Crippen LogP contribution in [0.25, 0.3) is 22.4 Å². The minimum Gasteiger partial charge on any atom is -0.369 e. The molecule has 1 aliphatic heterocycles. The van der Waals surface area contributed by atoms with Gasteiger partial charge in [0.1, 0.15) is 17.0 Å². The first-order chi connectivity index (χ1) is 12.1. The SMILES string of the molecule is Nc1nc(-c2ccccc2F)c2nc(N)n(CC3CCNCC3)c2n1. The van der Waals surface area contributed by atoms with Crippen molar-refractivity contribution in [3.63, 3.8) is 0 Å². The van der Waals surface area contributed by atoms with Crippen molar-refractivity contribution >= 4 is 23.1 Å². The van der Waals surface area contributed by atoms with E-state index in [4.69, 9.17) is 11.5 Å². The first-order valence-corrected chi connectivity index (χ1v) is 8.38. The van der Waals surface area contributed by atoms with Gasteiger partial charge in [0.2, 0.25) is 11.9 Å². The van der Waals surface area contributed by atoms with Crippen LogP contribution < -0.4 is 16.8 Å². The van der Waals surface area contributed by atoms with E-state index in [0.29, 0.717) is 34.3 Å². The molecule has 1 aromatic carbocycles. The largest absolute Gasteiger partial charge is 0.369 e. The van der Waals surface area contributed by atoms with E-state index in [-0.39, 0.29) is 11.8 Å². The number of fused-ring (bicyclic) bond motifs is 1. The van der Waals surface area contributed by atoms with Gasteiger partial charge in [-0.1, -0.05) is 12.1 Å². The number of anilines is 2. The highest BCUT2D eigenvalue weighted by Gasteiger charge is 2.21. The van der Waals surface area contributed by atoms with E-state index in [1.807, 2.05) is 4.57 Å². The number of nitrogen functional groups attached to an aromatic ring is 2. The molecule has 3 heterocycles. The third-order valence-corrected chi connectivity index (χ3v) is 4.67. The summed E-state index contributed by atoms with van der Waals surface area (Å²) >= 11 is 0. The van der Waals surface area contributed by atoms with Gasteiger partial charge in [-0.05, 0) is 44.0 Å². The Morgan fingerprint density at radius 2 is 1.88 bits per heavy atom. The van der Waals surface area contributed by atoms with Crippen LogP contribution in [0, 0.1) is 11.7 Å². The lowest BCUT2D eigenvalue weighted by Gasteiger charge is -2.23. The van der Waals surface area contributed by atoms with E-state index >= 15 is 0 Å². The quantitative estimate of drug-likeness (QED) is 0.670. The Kier molecular flexibility index (Phi) is 3.96. The van der Waals surface area contributed by atoms with Crippen molar-refractivity contribution < 1.29 is 4.39 Å². The lowest BCUT2D eigenvalue weighted by atomic mass is 9.98. The van der Waals surface area contributed by atoms with Gasteiger partial charge in [-0.3, -0.25) is 4.57 Å². The van der Waals surface area contributed by atoms with Crippen LogP contribution in [-0.2, 0) is 6.54 Å².